The van der Waals surface area contributed by atoms with Crippen molar-refractivity contribution in [3.05, 3.63) is 28.7 Å². The van der Waals surface area contributed by atoms with E-state index in [0.29, 0.717) is 12.0 Å². The molecule has 0 radical (unpaired) electrons. The molecule has 1 aromatic carbocycles. The third-order valence-electron chi connectivity index (χ3n) is 4.32. The Morgan fingerprint density at radius 1 is 1.35 bits per heavy atom. The largest absolute Gasteiger partial charge is 0.371 e. The predicted molar refractivity (Wildman–Crippen MR) is 103 cm³/mol. The molecular formula is C18H29BrN4. The van der Waals surface area contributed by atoms with Crippen molar-refractivity contribution in [1.29, 1.82) is 0 Å². The molecule has 2 rings (SSSR count). The normalized spacial score (nSPS) is 19.7. The minimum Gasteiger partial charge on any atom is -0.371 e. The lowest BCUT2D eigenvalue weighted by atomic mass is 10.1. The van der Waals surface area contributed by atoms with E-state index in [1.807, 2.05) is 0 Å². The topological polar surface area (TPSA) is 39.7 Å². The standard InChI is InChI=1S/C18H29BrN4/c1-4-14(3)22-18(20-5-2)21-12-15-10-11-23(13-15)17-8-6-16(19)7-9-17/h6-9,14-15H,4-5,10-13H2,1-3H3,(H2,20,21,22). The first-order valence-corrected chi connectivity index (χ1v) is 9.47. The first kappa shape index (κ1) is 18.1. The van der Waals surface area contributed by atoms with Gasteiger partial charge in [0.1, 0.15) is 0 Å². The molecular weight excluding hydrogens is 352 g/mol. The highest BCUT2D eigenvalue weighted by atomic mass is 79.9. The van der Waals surface area contributed by atoms with Crippen LogP contribution in [-0.2, 0) is 0 Å². The number of anilines is 1. The Morgan fingerprint density at radius 2 is 2.09 bits per heavy atom. The second-order valence-electron chi connectivity index (χ2n) is 6.25. The van der Waals surface area contributed by atoms with Gasteiger partial charge in [0, 0.05) is 42.4 Å². The van der Waals surface area contributed by atoms with Gasteiger partial charge in [-0.2, -0.15) is 0 Å². The minimum absolute atomic E-state index is 0.454. The minimum atomic E-state index is 0.454. The van der Waals surface area contributed by atoms with Gasteiger partial charge >= 0.3 is 0 Å². The lowest BCUT2D eigenvalue weighted by Crippen LogP contribution is -2.42. The molecule has 1 aliphatic heterocycles. The molecule has 2 N–H and O–H groups in total. The number of guanidine groups is 1. The van der Waals surface area contributed by atoms with Crippen LogP contribution in [0.2, 0.25) is 0 Å². The fraction of sp³-hybridized carbons (Fsp3) is 0.611. The summed E-state index contributed by atoms with van der Waals surface area (Å²) in [7, 11) is 0. The summed E-state index contributed by atoms with van der Waals surface area (Å²) >= 11 is 3.50. The van der Waals surface area contributed by atoms with Gasteiger partial charge in [-0.1, -0.05) is 22.9 Å². The first-order valence-electron chi connectivity index (χ1n) is 8.67. The van der Waals surface area contributed by atoms with Crippen LogP contribution in [0.4, 0.5) is 5.69 Å². The molecule has 1 saturated heterocycles. The van der Waals surface area contributed by atoms with E-state index in [1.54, 1.807) is 0 Å². The van der Waals surface area contributed by atoms with Crippen molar-refractivity contribution in [1.82, 2.24) is 10.6 Å². The van der Waals surface area contributed by atoms with E-state index < -0.39 is 0 Å². The maximum atomic E-state index is 4.79. The van der Waals surface area contributed by atoms with Crippen LogP contribution in [0, 0.1) is 5.92 Å². The smallest absolute Gasteiger partial charge is 0.191 e. The Labute approximate surface area is 148 Å². The third-order valence-corrected chi connectivity index (χ3v) is 4.85. The van der Waals surface area contributed by atoms with Crippen LogP contribution in [0.15, 0.2) is 33.7 Å². The molecule has 0 spiro atoms. The Kier molecular flexibility index (Phi) is 7.21. The highest BCUT2D eigenvalue weighted by Gasteiger charge is 2.22. The van der Waals surface area contributed by atoms with E-state index in [-0.39, 0.29) is 0 Å². The summed E-state index contributed by atoms with van der Waals surface area (Å²) in [6.45, 7) is 10.5. The quantitative estimate of drug-likeness (QED) is 0.584. The summed E-state index contributed by atoms with van der Waals surface area (Å²) in [5.41, 5.74) is 1.31. The van der Waals surface area contributed by atoms with Crippen LogP contribution in [-0.4, -0.2) is 38.2 Å². The van der Waals surface area contributed by atoms with Gasteiger partial charge in [0.15, 0.2) is 5.96 Å². The monoisotopic (exact) mass is 380 g/mol. The van der Waals surface area contributed by atoms with Crippen molar-refractivity contribution in [3.8, 4) is 0 Å². The Morgan fingerprint density at radius 3 is 2.74 bits per heavy atom. The molecule has 1 heterocycles. The number of nitrogens with zero attached hydrogens (tertiary/aromatic N) is 2. The molecule has 1 fully saturated rings. The lowest BCUT2D eigenvalue weighted by molar-refractivity contribution is 0.587. The fourth-order valence-electron chi connectivity index (χ4n) is 2.74. The maximum Gasteiger partial charge on any atom is 0.191 e. The predicted octanol–water partition coefficient (Wildman–Crippen LogP) is 3.63. The van der Waals surface area contributed by atoms with Crippen LogP contribution < -0.4 is 15.5 Å². The van der Waals surface area contributed by atoms with Gasteiger partial charge in [0.2, 0.25) is 0 Å². The highest BCUT2D eigenvalue weighted by molar-refractivity contribution is 9.10. The van der Waals surface area contributed by atoms with Gasteiger partial charge in [-0.25, -0.2) is 0 Å². The first-order chi connectivity index (χ1) is 11.1. The number of benzene rings is 1. The third kappa shape index (κ3) is 5.72. The molecule has 128 valence electrons. The molecule has 2 unspecified atom stereocenters. The fourth-order valence-corrected chi connectivity index (χ4v) is 3.01. The van der Waals surface area contributed by atoms with Crippen LogP contribution in [0.3, 0.4) is 0 Å². The Hall–Kier alpha value is -1.23. The average molecular weight is 381 g/mol. The summed E-state index contributed by atoms with van der Waals surface area (Å²) in [5.74, 6) is 1.58. The molecule has 1 aliphatic rings. The van der Waals surface area contributed by atoms with Gasteiger partial charge in [-0.05, 0) is 56.9 Å². The number of hydrogen-bond acceptors (Lipinski definition) is 2. The molecule has 4 nitrogen and oxygen atoms in total. The van der Waals surface area contributed by atoms with Crippen molar-refractivity contribution >= 4 is 27.6 Å². The number of halogens is 1. The van der Waals surface area contributed by atoms with E-state index in [0.717, 1.165) is 43.0 Å². The number of hydrogen-bond donors (Lipinski definition) is 2. The number of rotatable bonds is 6. The van der Waals surface area contributed by atoms with Gasteiger partial charge < -0.3 is 15.5 Å². The van der Waals surface area contributed by atoms with Crippen molar-refractivity contribution in [2.45, 2.75) is 39.7 Å². The SMILES string of the molecule is CCNC(=NCC1CCN(c2ccc(Br)cc2)C1)NC(C)CC. The van der Waals surface area contributed by atoms with Crippen molar-refractivity contribution < 1.29 is 0 Å². The van der Waals surface area contributed by atoms with E-state index >= 15 is 0 Å². The Balaban J connectivity index is 1.88. The van der Waals surface area contributed by atoms with Crippen LogP contribution >= 0.6 is 15.9 Å². The summed E-state index contributed by atoms with van der Waals surface area (Å²) < 4.78 is 1.13. The molecule has 0 amide bonds. The molecule has 5 heteroatoms. The zero-order valence-electron chi connectivity index (χ0n) is 14.5. The van der Waals surface area contributed by atoms with Crippen LogP contribution in [0.25, 0.3) is 0 Å². The summed E-state index contributed by atoms with van der Waals surface area (Å²) in [6, 6.07) is 9.05. The zero-order chi connectivity index (χ0) is 16.7. The second-order valence-corrected chi connectivity index (χ2v) is 7.17. The number of aliphatic imine (C=N–C) groups is 1. The van der Waals surface area contributed by atoms with E-state index in [1.165, 1.54) is 12.1 Å². The van der Waals surface area contributed by atoms with Gasteiger partial charge in [-0.15, -0.1) is 0 Å². The van der Waals surface area contributed by atoms with Crippen LogP contribution in [0.1, 0.15) is 33.6 Å². The van der Waals surface area contributed by atoms with E-state index in [4.69, 9.17) is 4.99 Å². The molecule has 0 saturated carbocycles. The molecule has 23 heavy (non-hydrogen) atoms. The van der Waals surface area contributed by atoms with Gasteiger partial charge in [-0.3, -0.25) is 4.99 Å². The van der Waals surface area contributed by atoms with E-state index in [9.17, 15) is 0 Å². The Bertz CT molecular complexity index is 500. The van der Waals surface area contributed by atoms with Crippen molar-refractivity contribution in [2.24, 2.45) is 10.9 Å². The van der Waals surface area contributed by atoms with Crippen molar-refractivity contribution in [2.75, 3.05) is 31.1 Å². The summed E-state index contributed by atoms with van der Waals surface area (Å²) in [4.78, 5) is 7.25. The van der Waals surface area contributed by atoms with Gasteiger partial charge in [0.25, 0.3) is 0 Å². The van der Waals surface area contributed by atoms with Crippen LogP contribution in [0.5, 0.6) is 0 Å². The lowest BCUT2D eigenvalue weighted by Gasteiger charge is -2.19. The molecule has 0 bridgehead atoms. The van der Waals surface area contributed by atoms with Crippen molar-refractivity contribution in [3.63, 3.8) is 0 Å². The summed E-state index contributed by atoms with van der Waals surface area (Å²) in [6.07, 6.45) is 2.31. The highest BCUT2D eigenvalue weighted by Crippen LogP contribution is 2.25. The molecule has 1 aromatic rings. The van der Waals surface area contributed by atoms with Gasteiger partial charge in [0.05, 0.1) is 0 Å². The molecule has 0 aliphatic carbocycles. The molecule has 0 aromatic heterocycles. The molecule has 2 atom stereocenters. The van der Waals surface area contributed by atoms with E-state index in [2.05, 4.69) is 76.5 Å². The average Bonchev–Trinajstić information content (AvgIpc) is 3.02. The zero-order valence-corrected chi connectivity index (χ0v) is 16.1. The second kappa shape index (κ2) is 9.16. The summed E-state index contributed by atoms with van der Waals surface area (Å²) in [5, 5.41) is 6.80. The maximum absolute atomic E-state index is 4.79. The number of nitrogens with one attached hydrogen (secondary N) is 2.